The van der Waals surface area contributed by atoms with Crippen LogP contribution in [0.4, 0.5) is 8.78 Å². The summed E-state index contributed by atoms with van der Waals surface area (Å²) in [7, 11) is 1.29. The van der Waals surface area contributed by atoms with Gasteiger partial charge in [-0.15, -0.1) is 11.8 Å². The zero-order valence-electron chi connectivity index (χ0n) is 8.38. The minimum atomic E-state index is -0.894. The summed E-state index contributed by atoms with van der Waals surface area (Å²) in [5.74, 6) is -1.78. The molecule has 0 amide bonds. The fourth-order valence-electron chi connectivity index (χ4n) is 0.932. The fourth-order valence-corrected chi connectivity index (χ4v) is 2.34. The van der Waals surface area contributed by atoms with Gasteiger partial charge in [0.2, 0.25) is 0 Å². The Morgan fingerprint density at radius 3 is 2.75 bits per heavy atom. The summed E-state index contributed by atoms with van der Waals surface area (Å²) in [5.41, 5.74) is 0. The van der Waals surface area contributed by atoms with Crippen LogP contribution in [-0.2, 0) is 9.53 Å². The molecule has 0 aliphatic carbocycles. The molecule has 1 atom stereocenters. The highest BCUT2D eigenvalue weighted by molar-refractivity contribution is 9.10. The monoisotopic (exact) mass is 310 g/mol. The molecule has 16 heavy (non-hydrogen) atoms. The minimum absolute atomic E-state index is 0.387. The van der Waals surface area contributed by atoms with Gasteiger partial charge in [-0.2, -0.15) is 0 Å². The molecule has 1 aromatic rings. The molecule has 0 fully saturated rings. The highest BCUT2D eigenvalue weighted by Gasteiger charge is 2.15. The summed E-state index contributed by atoms with van der Waals surface area (Å²) >= 11 is 4.37. The molecule has 0 radical (unpaired) electrons. The van der Waals surface area contributed by atoms with Crippen LogP contribution in [0.2, 0.25) is 0 Å². The summed E-state index contributed by atoms with van der Waals surface area (Å²) < 4.78 is 30.0. The van der Waals surface area contributed by atoms with Crippen LogP contribution in [0.3, 0.4) is 0 Å². The number of carbonyl (C=O) groups excluding carboxylic acids is 1. The second kappa shape index (κ2) is 6.20. The number of rotatable bonds is 4. The number of carbonyl (C=O) groups is 1. The first-order valence-corrected chi connectivity index (χ1v) is 6.24. The van der Waals surface area contributed by atoms with Gasteiger partial charge < -0.3 is 4.74 Å². The predicted molar refractivity (Wildman–Crippen MR) is 61.8 cm³/mol. The molecule has 0 saturated carbocycles. The van der Waals surface area contributed by atoms with Crippen molar-refractivity contribution in [3.05, 3.63) is 29.8 Å². The second-order valence-corrected chi connectivity index (χ2v) is 5.08. The maximum Gasteiger partial charge on any atom is 0.320 e. The number of thioether (sulfide) groups is 1. The third kappa shape index (κ3) is 3.75. The third-order valence-corrected chi connectivity index (χ3v) is 3.96. The van der Waals surface area contributed by atoms with Crippen molar-refractivity contribution in [2.24, 2.45) is 0 Å². The maximum atomic E-state index is 12.8. The van der Waals surface area contributed by atoms with Crippen molar-refractivity contribution in [1.29, 1.82) is 0 Å². The molecule has 0 saturated heterocycles. The standard InChI is InChI=1S/C10H9BrF2O2S/c1-15-10(14)7(11)5-16-6-2-3-8(12)9(13)4-6/h2-4,7H,5H2,1H3. The van der Waals surface area contributed by atoms with Gasteiger partial charge in [-0.25, -0.2) is 8.78 Å². The van der Waals surface area contributed by atoms with E-state index in [-0.39, 0.29) is 0 Å². The Balaban J connectivity index is 2.55. The van der Waals surface area contributed by atoms with Crippen LogP contribution >= 0.6 is 27.7 Å². The number of ether oxygens (including phenoxy) is 1. The van der Waals surface area contributed by atoms with Crippen molar-refractivity contribution in [3.8, 4) is 0 Å². The quantitative estimate of drug-likeness (QED) is 0.486. The van der Waals surface area contributed by atoms with E-state index >= 15 is 0 Å². The molecule has 0 heterocycles. The van der Waals surface area contributed by atoms with E-state index in [1.165, 1.54) is 24.9 Å². The van der Waals surface area contributed by atoms with E-state index in [0.717, 1.165) is 12.1 Å². The van der Waals surface area contributed by atoms with Crippen LogP contribution < -0.4 is 0 Å². The Morgan fingerprint density at radius 2 is 2.19 bits per heavy atom. The van der Waals surface area contributed by atoms with Crippen molar-refractivity contribution >= 4 is 33.7 Å². The topological polar surface area (TPSA) is 26.3 Å². The van der Waals surface area contributed by atoms with Crippen LogP contribution in [0, 0.1) is 11.6 Å². The average Bonchev–Trinajstić information content (AvgIpc) is 2.29. The number of methoxy groups -OCH3 is 1. The number of benzene rings is 1. The van der Waals surface area contributed by atoms with Gasteiger partial charge in [-0.1, -0.05) is 15.9 Å². The molecule has 1 aromatic carbocycles. The number of halogens is 3. The van der Waals surface area contributed by atoms with Gasteiger partial charge in [-0.3, -0.25) is 4.79 Å². The lowest BCUT2D eigenvalue weighted by atomic mass is 10.3. The van der Waals surface area contributed by atoms with E-state index in [4.69, 9.17) is 0 Å². The van der Waals surface area contributed by atoms with E-state index in [9.17, 15) is 13.6 Å². The zero-order chi connectivity index (χ0) is 12.1. The molecule has 1 rings (SSSR count). The minimum Gasteiger partial charge on any atom is -0.468 e. The summed E-state index contributed by atoms with van der Waals surface area (Å²) in [4.78, 5) is 11.1. The van der Waals surface area contributed by atoms with Gasteiger partial charge >= 0.3 is 5.97 Å². The fraction of sp³-hybridized carbons (Fsp3) is 0.300. The molecule has 88 valence electrons. The second-order valence-electron chi connectivity index (χ2n) is 2.88. The van der Waals surface area contributed by atoms with E-state index < -0.39 is 22.4 Å². The highest BCUT2D eigenvalue weighted by Crippen LogP contribution is 2.23. The molecule has 0 aliphatic heterocycles. The average molecular weight is 311 g/mol. The molecule has 0 N–H and O–H groups in total. The molecule has 0 spiro atoms. The molecular weight excluding hydrogens is 302 g/mol. The normalized spacial score (nSPS) is 12.2. The molecule has 2 nitrogen and oxygen atoms in total. The van der Waals surface area contributed by atoms with Crippen LogP contribution in [0.5, 0.6) is 0 Å². The van der Waals surface area contributed by atoms with Gasteiger partial charge in [0.05, 0.1) is 7.11 Å². The van der Waals surface area contributed by atoms with Crippen molar-refractivity contribution < 1.29 is 18.3 Å². The molecule has 0 aliphatic rings. The number of esters is 1. The van der Waals surface area contributed by atoms with Gasteiger partial charge in [0, 0.05) is 10.6 Å². The molecule has 0 bridgehead atoms. The van der Waals surface area contributed by atoms with E-state index in [0.29, 0.717) is 10.6 Å². The lowest BCUT2D eigenvalue weighted by molar-refractivity contribution is -0.139. The summed E-state index contributed by atoms with van der Waals surface area (Å²) in [5, 5.41) is 0. The van der Waals surface area contributed by atoms with Gasteiger partial charge in [0.15, 0.2) is 11.6 Å². The first-order chi connectivity index (χ1) is 7.54. The summed E-state index contributed by atoms with van der Waals surface area (Å²) in [6, 6.07) is 3.61. The smallest absolute Gasteiger partial charge is 0.320 e. The third-order valence-electron chi connectivity index (χ3n) is 1.74. The Bertz CT molecular complexity index is 387. The van der Waals surface area contributed by atoms with Crippen LogP contribution in [0.15, 0.2) is 23.1 Å². The van der Waals surface area contributed by atoms with Crippen molar-refractivity contribution in [2.45, 2.75) is 9.72 Å². The highest BCUT2D eigenvalue weighted by atomic mass is 79.9. The lowest BCUT2D eigenvalue weighted by Gasteiger charge is -2.07. The molecule has 1 unspecified atom stereocenters. The largest absolute Gasteiger partial charge is 0.468 e. The van der Waals surface area contributed by atoms with E-state index in [1.807, 2.05) is 0 Å². The molecule has 0 aromatic heterocycles. The Labute approximate surface area is 104 Å². The Morgan fingerprint density at radius 1 is 1.50 bits per heavy atom. The van der Waals surface area contributed by atoms with Gasteiger partial charge in [0.1, 0.15) is 4.83 Å². The number of hydrogen-bond acceptors (Lipinski definition) is 3. The first kappa shape index (κ1) is 13.4. The summed E-state index contributed by atoms with van der Waals surface area (Å²) in [6.45, 7) is 0. The number of hydrogen-bond donors (Lipinski definition) is 0. The summed E-state index contributed by atoms with van der Waals surface area (Å²) in [6.07, 6.45) is 0. The molecular formula is C10H9BrF2O2S. The van der Waals surface area contributed by atoms with Crippen LogP contribution in [0.25, 0.3) is 0 Å². The van der Waals surface area contributed by atoms with Gasteiger partial charge in [-0.05, 0) is 18.2 Å². The van der Waals surface area contributed by atoms with Crippen LogP contribution in [0.1, 0.15) is 0 Å². The maximum absolute atomic E-state index is 12.8. The Kier molecular flexibility index (Phi) is 5.21. The zero-order valence-corrected chi connectivity index (χ0v) is 10.8. The lowest BCUT2D eigenvalue weighted by Crippen LogP contribution is -2.17. The van der Waals surface area contributed by atoms with E-state index in [2.05, 4.69) is 20.7 Å². The van der Waals surface area contributed by atoms with Crippen molar-refractivity contribution in [1.82, 2.24) is 0 Å². The van der Waals surface area contributed by atoms with Crippen molar-refractivity contribution in [2.75, 3.05) is 12.9 Å². The molecule has 6 heteroatoms. The first-order valence-electron chi connectivity index (χ1n) is 4.34. The van der Waals surface area contributed by atoms with Crippen LogP contribution in [-0.4, -0.2) is 23.7 Å². The van der Waals surface area contributed by atoms with Gasteiger partial charge in [0.25, 0.3) is 0 Å². The predicted octanol–water partition coefficient (Wildman–Crippen LogP) is 2.99. The number of alkyl halides is 1. The SMILES string of the molecule is COC(=O)C(Br)CSc1ccc(F)c(F)c1. The van der Waals surface area contributed by atoms with E-state index in [1.54, 1.807) is 0 Å². The van der Waals surface area contributed by atoms with Crippen molar-refractivity contribution in [3.63, 3.8) is 0 Å². The Hall–Kier alpha value is -0.620.